The lowest BCUT2D eigenvalue weighted by atomic mass is 9.93. The summed E-state index contributed by atoms with van der Waals surface area (Å²) in [5, 5.41) is 0. The fourth-order valence-corrected chi connectivity index (χ4v) is 2.68. The largest absolute Gasteiger partial charge is 0.370 e. The van der Waals surface area contributed by atoms with Crippen LogP contribution in [0.4, 0.5) is 10.2 Å². The summed E-state index contributed by atoms with van der Waals surface area (Å²) >= 11 is 0. The van der Waals surface area contributed by atoms with Crippen LogP contribution in [0.3, 0.4) is 0 Å². The summed E-state index contributed by atoms with van der Waals surface area (Å²) in [6.07, 6.45) is 6.23. The smallest absolute Gasteiger partial charge is 0.187 e. The summed E-state index contributed by atoms with van der Waals surface area (Å²) in [6, 6.07) is 0. The first-order valence-electron chi connectivity index (χ1n) is 6.69. The number of hydrogen-bond donors (Lipinski definition) is 2. The van der Waals surface area contributed by atoms with Crippen molar-refractivity contribution in [3.05, 3.63) is 17.3 Å². The number of nitrogens with two attached hydrogens (primary N) is 1. The maximum absolute atomic E-state index is 13.7. The number of nitrogen functional groups attached to an aromatic ring is 1. The van der Waals surface area contributed by atoms with Gasteiger partial charge < -0.3 is 10.2 Å². The first-order valence-corrected chi connectivity index (χ1v) is 6.69. The predicted octanol–water partition coefficient (Wildman–Crippen LogP) is 2.41. The molecule has 0 radical (unpaired) electrons. The first kappa shape index (κ1) is 14.1. The molecule has 0 unspecified atom stereocenters. The molecule has 2 rings (SSSR count). The van der Waals surface area contributed by atoms with E-state index >= 15 is 0 Å². The van der Waals surface area contributed by atoms with Crippen LogP contribution in [0, 0.1) is 12.7 Å². The molecule has 0 bridgehead atoms. The fourth-order valence-electron chi connectivity index (χ4n) is 2.68. The van der Waals surface area contributed by atoms with Crippen LogP contribution in [0.1, 0.15) is 50.0 Å². The highest BCUT2D eigenvalue weighted by molar-refractivity contribution is 5.37. The van der Waals surface area contributed by atoms with Crippen LogP contribution in [-0.4, -0.2) is 17.1 Å². The molecule has 0 atom stereocenters. The molecular formula is C13H21FN4O. The van der Waals surface area contributed by atoms with Gasteiger partial charge in [-0.05, 0) is 19.8 Å². The summed E-state index contributed by atoms with van der Waals surface area (Å²) in [5.41, 5.74) is 2.07. The molecule has 0 saturated heterocycles. The third-order valence-corrected chi connectivity index (χ3v) is 3.86. The molecule has 1 fully saturated rings. The Bertz CT molecular complexity index is 445. The Hall–Kier alpha value is -1.27. The number of rotatable bonds is 3. The Morgan fingerprint density at radius 3 is 2.37 bits per heavy atom. The number of aromatic nitrogens is 2. The first-order chi connectivity index (χ1) is 9.13. The van der Waals surface area contributed by atoms with Crippen LogP contribution in [0.15, 0.2) is 0 Å². The van der Waals surface area contributed by atoms with Crippen LogP contribution in [0.25, 0.3) is 0 Å². The number of nitrogens with zero attached hydrogens (tertiary/aromatic N) is 2. The average Bonchev–Trinajstić information content (AvgIpc) is 2.68. The minimum absolute atomic E-state index is 0.0307. The highest BCUT2D eigenvalue weighted by Gasteiger charge is 2.36. The number of hydrazine groups is 1. The topological polar surface area (TPSA) is 73.1 Å². The van der Waals surface area contributed by atoms with Crippen molar-refractivity contribution >= 4 is 5.82 Å². The Labute approximate surface area is 112 Å². The van der Waals surface area contributed by atoms with E-state index in [1.54, 1.807) is 14.0 Å². The van der Waals surface area contributed by atoms with Gasteiger partial charge in [0.25, 0.3) is 0 Å². The summed E-state index contributed by atoms with van der Waals surface area (Å²) in [6.45, 7) is 1.61. The zero-order valence-electron chi connectivity index (χ0n) is 11.5. The van der Waals surface area contributed by atoms with Crippen molar-refractivity contribution < 1.29 is 9.13 Å². The number of nitrogens with one attached hydrogen (secondary N) is 1. The van der Waals surface area contributed by atoms with Gasteiger partial charge in [0.2, 0.25) is 0 Å². The minimum Gasteiger partial charge on any atom is -0.370 e. The molecule has 1 aromatic heterocycles. The summed E-state index contributed by atoms with van der Waals surface area (Å²) < 4.78 is 19.5. The van der Waals surface area contributed by atoms with E-state index in [-0.39, 0.29) is 5.82 Å². The molecule has 1 saturated carbocycles. The Morgan fingerprint density at radius 2 is 1.84 bits per heavy atom. The highest BCUT2D eigenvalue weighted by Crippen LogP contribution is 2.37. The second kappa shape index (κ2) is 5.79. The number of halogens is 1. The molecule has 1 heterocycles. The SMILES string of the molecule is COC1(c2nc(C)c(F)c(NN)n2)CCCCCC1. The van der Waals surface area contributed by atoms with Crippen LogP contribution >= 0.6 is 0 Å². The van der Waals surface area contributed by atoms with Gasteiger partial charge in [-0.2, -0.15) is 0 Å². The quantitative estimate of drug-likeness (QED) is 0.500. The van der Waals surface area contributed by atoms with E-state index in [2.05, 4.69) is 15.4 Å². The standard InChI is InChI=1S/C13H21FN4O/c1-9-10(14)11(18-15)17-12(16-9)13(19-2)7-5-3-4-6-8-13/h3-8,15H2,1-2H3,(H,16,17,18). The molecule has 0 spiro atoms. The van der Waals surface area contributed by atoms with Crippen LogP contribution in [-0.2, 0) is 10.3 Å². The highest BCUT2D eigenvalue weighted by atomic mass is 19.1. The van der Waals surface area contributed by atoms with E-state index in [1.807, 2.05) is 0 Å². The molecule has 6 heteroatoms. The van der Waals surface area contributed by atoms with Gasteiger partial charge in [0.15, 0.2) is 17.5 Å². The molecule has 0 amide bonds. The molecule has 1 aliphatic carbocycles. The normalized spacial score (nSPS) is 18.9. The van der Waals surface area contributed by atoms with Crippen molar-refractivity contribution in [3.8, 4) is 0 Å². The van der Waals surface area contributed by atoms with Crippen molar-refractivity contribution in [1.29, 1.82) is 0 Å². The van der Waals surface area contributed by atoms with Gasteiger partial charge in [-0.3, -0.25) is 0 Å². The lowest BCUT2D eigenvalue weighted by molar-refractivity contribution is -0.0352. The van der Waals surface area contributed by atoms with Crippen LogP contribution in [0.5, 0.6) is 0 Å². The zero-order valence-corrected chi connectivity index (χ0v) is 11.5. The van der Waals surface area contributed by atoms with Gasteiger partial charge >= 0.3 is 0 Å². The Balaban J connectivity index is 2.45. The average molecular weight is 268 g/mol. The van der Waals surface area contributed by atoms with E-state index in [9.17, 15) is 4.39 Å². The third-order valence-electron chi connectivity index (χ3n) is 3.86. The molecule has 1 aromatic rings. The number of aryl methyl sites for hydroxylation is 1. The molecule has 5 nitrogen and oxygen atoms in total. The lowest BCUT2D eigenvalue weighted by Gasteiger charge is -2.30. The van der Waals surface area contributed by atoms with Crippen molar-refractivity contribution in [2.75, 3.05) is 12.5 Å². The maximum atomic E-state index is 13.7. The molecule has 0 aromatic carbocycles. The molecule has 106 valence electrons. The minimum atomic E-state index is -0.513. The number of ether oxygens (including phenoxy) is 1. The second-order valence-corrected chi connectivity index (χ2v) is 5.05. The van der Waals surface area contributed by atoms with Crippen molar-refractivity contribution in [1.82, 2.24) is 9.97 Å². The van der Waals surface area contributed by atoms with E-state index in [0.29, 0.717) is 11.5 Å². The van der Waals surface area contributed by atoms with E-state index in [4.69, 9.17) is 10.6 Å². The van der Waals surface area contributed by atoms with Gasteiger partial charge in [-0.25, -0.2) is 20.2 Å². The van der Waals surface area contributed by atoms with E-state index in [0.717, 1.165) is 25.7 Å². The second-order valence-electron chi connectivity index (χ2n) is 5.05. The van der Waals surface area contributed by atoms with Crippen molar-refractivity contribution in [2.45, 2.75) is 51.0 Å². The monoisotopic (exact) mass is 268 g/mol. The van der Waals surface area contributed by atoms with Crippen molar-refractivity contribution in [3.63, 3.8) is 0 Å². The van der Waals surface area contributed by atoms with Gasteiger partial charge in [-0.15, -0.1) is 0 Å². The molecular weight excluding hydrogens is 247 g/mol. The summed E-state index contributed by atoms with van der Waals surface area (Å²) in [4.78, 5) is 8.50. The Morgan fingerprint density at radius 1 is 1.21 bits per heavy atom. The van der Waals surface area contributed by atoms with Crippen molar-refractivity contribution in [2.24, 2.45) is 5.84 Å². The van der Waals surface area contributed by atoms with Gasteiger partial charge in [0.05, 0.1) is 5.69 Å². The third kappa shape index (κ3) is 2.69. The van der Waals surface area contributed by atoms with Gasteiger partial charge in [0.1, 0.15) is 5.60 Å². The summed E-state index contributed by atoms with van der Waals surface area (Å²) in [7, 11) is 1.67. The van der Waals surface area contributed by atoms with Gasteiger partial charge in [0, 0.05) is 7.11 Å². The lowest BCUT2D eigenvalue weighted by Crippen LogP contribution is -2.31. The number of methoxy groups -OCH3 is 1. The van der Waals surface area contributed by atoms with E-state index in [1.165, 1.54) is 12.8 Å². The maximum Gasteiger partial charge on any atom is 0.187 e. The predicted molar refractivity (Wildman–Crippen MR) is 70.9 cm³/mol. The van der Waals surface area contributed by atoms with Crippen LogP contribution < -0.4 is 11.3 Å². The van der Waals surface area contributed by atoms with E-state index < -0.39 is 11.4 Å². The zero-order chi connectivity index (χ0) is 13.9. The number of hydrogen-bond acceptors (Lipinski definition) is 5. The fraction of sp³-hybridized carbons (Fsp3) is 0.692. The molecule has 3 N–H and O–H groups in total. The summed E-state index contributed by atoms with van der Waals surface area (Å²) in [5.74, 6) is 5.37. The van der Waals surface area contributed by atoms with Gasteiger partial charge in [-0.1, -0.05) is 25.7 Å². The Kier molecular flexibility index (Phi) is 4.31. The molecule has 0 aliphatic heterocycles. The number of anilines is 1. The molecule has 19 heavy (non-hydrogen) atoms. The van der Waals surface area contributed by atoms with Crippen LogP contribution in [0.2, 0.25) is 0 Å². The molecule has 1 aliphatic rings.